The van der Waals surface area contributed by atoms with Gasteiger partial charge in [0, 0.05) is 24.4 Å². The van der Waals surface area contributed by atoms with Crippen molar-refractivity contribution < 1.29 is 14.3 Å². The molecule has 0 saturated heterocycles. The second-order valence-electron chi connectivity index (χ2n) is 4.00. The number of aromatic nitrogens is 1. The van der Waals surface area contributed by atoms with Crippen LogP contribution in [0.15, 0.2) is 6.07 Å². The summed E-state index contributed by atoms with van der Waals surface area (Å²) < 4.78 is 4.85. The van der Waals surface area contributed by atoms with E-state index in [1.807, 2.05) is 6.07 Å². The first kappa shape index (κ1) is 11.7. The maximum Gasteiger partial charge on any atom is 0.306 e. The molecule has 1 aliphatic rings. The van der Waals surface area contributed by atoms with E-state index >= 15 is 0 Å². The number of rotatable bonds is 4. The van der Waals surface area contributed by atoms with Crippen molar-refractivity contribution in [2.24, 2.45) is 0 Å². The molecule has 5 nitrogen and oxygen atoms in total. The highest BCUT2D eigenvalue weighted by atomic mass is 16.5. The highest BCUT2D eigenvalue weighted by molar-refractivity contribution is 5.96. The summed E-state index contributed by atoms with van der Waals surface area (Å²) in [6.07, 6.45) is 1.74. The SMILES string of the molecule is CCOC(=O)CCc1cc2c([nH]1)CCNC2=O. The summed E-state index contributed by atoms with van der Waals surface area (Å²) in [7, 11) is 0. The summed E-state index contributed by atoms with van der Waals surface area (Å²) in [4.78, 5) is 25.9. The Morgan fingerprint density at radius 3 is 3.06 bits per heavy atom. The van der Waals surface area contributed by atoms with E-state index in [4.69, 9.17) is 4.74 Å². The molecule has 0 aromatic carbocycles. The van der Waals surface area contributed by atoms with E-state index in [2.05, 4.69) is 10.3 Å². The Kier molecular flexibility index (Phi) is 3.46. The topological polar surface area (TPSA) is 71.2 Å². The predicted octanol–water partition coefficient (Wildman–Crippen LogP) is 0.796. The molecule has 2 N–H and O–H groups in total. The fraction of sp³-hybridized carbons (Fsp3) is 0.500. The molecule has 0 saturated carbocycles. The van der Waals surface area contributed by atoms with Crippen LogP contribution in [0.3, 0.4) is 0 Å². The molecule has 0 radical (unpaired) electrons. The number of aryl methyl sites for hydroxylation is 1. The lowest BCUT2D eigenvalue weighted by molar-refractivity contribution is -0.143. The van der Waals surface area contributed by atoms with Crippen molar-refractivity contribution in [1.82, 2.24) is 10.3 Å². The molecule has 0 atom stereocenters. The maximum atomic E-state index is 11.5. The lowest BCUT2D eigenvalue weighted by atomic mass is 10.1. The molecule has 17 heavy (non-hydrogen) atoms. The molecule has 0 spiro atoms. The van der Waals surface area contributed by atoms with E-state index in [0.29, 0.717) is 31.6 Å². The summed E-state index contributed by atoms with van der Waals surface area (Å²) >= 11 is 0. The van der Waals surface area contributed by atoms with E-state index in [1.54, 1.807) is 6.92 Å². The fourth-order valence-corrected chi connectivity index (χ4v) is 1.96. The highest BCUT2D eigenvalue weighted by Gasteiger charge is 2.19. The average Bonchev–Trinajstić information content (AvgIpc) is 2.71. The Hall–Kier alpha value is -1.78. The smallest absolute Gasteiger partial charge is 0.306 e. The first-order valence-electron chi connectivity index (χ1n) is 5.85. The molecular formula is C12H16N2O3. The molecular weight excluding hydrogens is 220 g/mol. The van der Waals surface area contributed by atoms with Gasteiger partial charge in [0.05, 0.1) is 18.6 Å². The average molecular weight is 236 g/mol. The van der Waals surface area contributed by atoms with Gasteiger partial charge in [-0.1, -0.05) is 0 Å². The van der Waals surface area contributed by atoms with E-state index in [-0.39, 0.29) is 11.9 Å². The quantitative estimate of drug-likeness (QED) is 0.759. The van der Waals surface area contributed by atoms with Crippen molar-refractivity contribution in [3.05, 3.63) is 23.0 Å². The van der Waals surface area contributed by atoms with Crippen LogP contribution in [0.2, 0.25) is 0 Å². The second kappa shape index (κ2) is 5.03. The van der Waals surface area contributed by atoms with Crippen molar-refractivity contribution in [2.45, 2.75) is 26.2 Å². The minimum atomic E-state index is -0.204. The molecule has 92 valence electrons. The molecule has 0 aliphatic carbocycles. The van der Waals surface area contributed by atoms with Gasteiger partial charge in [0.25, 0.3) is 5.91 Å². The van der Waals surface area contributed by atoms with E-state index in [9.17, 15) is 9.59 Å². The van der Waals surface area contributed by atoms with Crippen molar-refractivity contribution in [2.75, 3.05) is 13.2 Å². The number of ether oxygens (including phenoxy) is 1. The van der Waals surface area contributed by atoms with Gasteiger partial charge in [-0.25, -0.2) is 0 Å². The number of aromatic amines is 1. The van der Waals surface area contributed by atoms with Crippen LogP contribution in [-0.2, 0) is 22.4 Å². The van der Waals surface area contributed by atoms with Crippen molar-refractivity contribution in [1.29, 1.82) is 0 Å². The monoisotopic (exact) mass is 236 g/mol. The number of H-pyrrole nitrogens is 1. The number of carbonyl (C=O) groups excluding carboxylic acids is 2. The van der Waals surface area contributed by atoms with Gasteiger partial charge < -0.3 is 15.0 Å². The number of esters is 1. The van der Waals surface area contributed by atoms with Gasteiger partial charge in [-0.2, -0.15) is 0 Å². The van der Waals surface area contributed by atoms with Gasteiger partial charge in [0.1, 0.15) is 0 Å². The Morgan fingerprint density at radius 1 is 1.53 bits per heavy atom. The minimum absolute atomic E-state index is 0.0371. The van der Waals surface area contributed by atoms with Gasteiger partial charge >= 0.3 is 5.97 Å². The van der Waals surface area contributed by atoms with Crippen molar-refractivity contribution >= 4 is 11.9 Å². The number of fused-ring (bicyclic) bond motifs is 1. The molecule has 1 aliphatic heterocycles. The van der Waals surface area contributed by atoms with Crippen LogP contribution in [0.1, 0.15) is 35.1 Å². The Labute approximate surface area is 99.5 Å². The molecule has 1 aromatic rings. The third-order valence-electron chi connectivity index (χ3n) is 2.76. The molecule has 1 amide bonds. The van der Waals surface area contributed by atoms with Crippen LogP contribution in [0, 0.1) is 0 Å². The molecule has 1 aromatic heterocycles. The third-order valence-corrected chi connectivity index (χ3v) is 2.76. The van der Waals surface area contributed by atoms with E-state index in [1.165, 1.54) is 0 Å². The first-order valence-corrected chi connectivity index (χ1v) is 5.85. The minimum Gasteiger partial charge on any atom is -0.466 e. The Bertz CT molecular complexity index is 437. The van der Waals surface area contributed by atoms with Crippen LogP contribution >= 0.6 is 0 Å². The molecule has 0 bridgehead atoms. The number of nitrogens with one attached hydrogen (secondary N) is 2. The zero-order valence-corrected chi connectivity index (χ0v) is 9.84. The van der Waals surface area contributed by atoms with Crippen molar-refractivity contribution in [3.63, 3.8) is 0 Å². The van der Waals surface area contributed by atoms with E-state index in [0.717, 1.165) is 17.8 Å². The first-order chi connectivity index (χ1) is 8.20. The van der Waals surface area contributed by atoms with Crippen LogP contribution in [0.5, 0.6) is 0 Å². The normalized spacial score (nSPS) is 14.1. The summed E-state index contributed by atoms with van der Waals surface area (Å²) in [5.74, 6) is -0.241. The summed E-state index contributed by atoms with van der Waals surface area (Å²) in [6.45, 7) is 2.86. The zero-order valence-electron chi connectivity index (χ0n) is 9.84. The van der Waals surface area contributed by atoms with Gasteiger partial charge in [0.15, 0.2) is 0 Å². The standard InChI is InChI=1S/C12H16N2O3/c1-2-17-11(15)4-3-8-7-9-10(14-8)5-6-13-12(9)16/h7,14H,2-6H2,1H3,(H,13,16). The van der Waals surface area contributed by atoms with Gasteiger partial charge in [-0.05, 0) is 19.4 Å². The van der Waals surface area contributed by atoms with Gasteiger partial charge in [-0.15, -0.1) is 0 Å². The lowest BCUT2D eigenvalue weighted by Crippen LogP contribution is -2.31. The molecule has 0 fully saturated rings. The summed E-state index contributed by atoms with van der Waals surface area (Å²) in [5.41, 5.74) is 2.59. The number of amides is 1. The second-order valence-corrected chi connectivity index (χ2v) is 4.00. The maximum absolute atomic E-state index is 11.5. The van der Waals surface area contributed by atoms with Gasteiger partial charge in [-0.3, -0.25) is 9.59 Å². The third kappa shape index (κ3) is 2.67. The highest BCUT2D eigenvalue weighted by Crippen LogP contribution is 2.16. The summed E-state index contributed by atoms with van der Waals surface area (Å²) in [6, 6.07) is 1.82. The van der Waals surface area contributed by atoms with Crippen LogP contribution in [0.25, 0.3) is 0 Å². The Balaban J connectivity index is 1.98. The van der Waals surface area contributed by atoms with Crippen molar-refractivity contribution in [3.8, 4) is 0 Å². The fourth-order valence-electron chi connectivity index (χ4n) is 1.96. The molecule has 5 heteroatoms. The number of hydrogen-bond donors (Lipinski definition) is 2. The van der Waals surface area contributed by atoms with Gasteiger partial charge in [0.2, 0.25) is 0 Å². The number of carbonyl (C=O) groups is 2. The van der Waals surface area contributed by atoms with E-state index < -0.39 is 0 Å². The molecule has 2 heterocycles. The Morgan fingerprint density at radius 2 is 2.35 bits per heavy atom. The molecule has 2 rings (SSSR count). The summed E-state index contributed by atoms with van der Waals surface area (Å²) in [5, 5.41) is 2.79. The van der Waals surface area contributed by atoms with Crippen LogP contribution in [0.4, 0.5) is 0 Å². The molecule has 0 unspecified atom stereocenters. The number of hydrogen-bond acceptors (Lipinski definition) is 3. The van der Waals surface area contributed by atoms with Crippen LogP contribution < -0.4 is 5.32 Å². The lowest BCUT2D eigenvalue weighted by Gasteiger charge is -2.11. The zero-order chi connectivity index (χ0) is 12.3. The largest absolute Gasteiger partial charge is 0.466 e. The van der Waals surface area contributed by atoms with Crippen LogP contribution in [-0.4, -0.2) is 30.0 Å². The predicted molar refractivity (Wildman–Crippen MR) is 61.8 cm³/mol.